The fraction of sp³-hybridized carbons (Fsp3) is 0.529. The predicted molar refractivity (Wildman–Crippen MR) is 90.7 cm³/mol. The van der Waals surface area contributed by atoms with Crippen molar-refractivity contribution in [1.82, 2.24) is 24.4 Å². The summed E-state index contributed by atoms with van der Waals surface area (Å²) in [6.07, 6.45) is 5.04. The van der Waals surface area contributed by atoms with Crippen LogP contribution in [0.3, 0.4) is 0 Å². The van der Waals surface area contributed by atoms with Crippen LogP contribution in [0, 0.1) is 18.8 Å². The average molecular weight is 326 g/mol. The highest BCUT2D eigenvalue weighted by atomic mass is 16.1. The first-order valence-corrected chi connectivity index (χ1v) is 8.36. The predicted octanol–water partition coefficient (Wildman–Crippen LogP) is 0.447. The molecule has 0 aliphatic carbocycles. The van der Waals surface area contributed by atoms with E-state index >= 15 is 0 Å². The SMILES string of the molecule is Cc1cc(N2CC3CN(Cc4nccn(C)c4=O)CC3C2)ncn1. The number of aryl methyl sites for hydroxylation is 2. The third kappa shape index (κ3) is 2.80. The van der Waals surface area contributed by atoms with Gasteiger partial charge in [0.2, 0.25) is 0 Å². The zero-order valence-electron chi connectivity index (χ0n) is 14.1. The highest BCUT2D eigenvalue weighted by molar-refractivity contribution is 5.40. The first kappa shape index (κ1) is 15.3. The quantitative estimate of drug-likeness (QED) is 0.816. The number of likely N-dealkylation sites (tertiary alicyclic amines) is 1. The summed E-state index contributed by atoms with van der Waals surface area (Å²) in [6, 6.07) is 2.05. The molecule has 2 aromatic heterocycles. The van der Waals surface area contributed by atoms with Gasteiger partial charge in [-0.25, -0.2) is 9.97 Å². The van der Waals surface area contributed by atoms with Gasteiger partial charge in [-0.15, -0.1) is 0 Å². The van der Waals surface area contributed by atoms with Crippen molar-refractivity contribution in [1.29, 1.82) is 0 Å². The van der Waals surface area contributed by atoms with Gasteiger partial charge in [0.1, 0.15) is 17.8 Å². The van der Waals surface area contributed by atoms with Crippen molar-refractivity contribution < 1.29 is 0 Å². The molecule has 2 atom stereocenters. The third-order valence-corrected chi connectivity index (χ3v) is 5.14. The summed E-state index contributed by atoms with van der Waals surface area (Å²) in [4.78, 5) is 29.7. The van der Waals surface area contributed by atoms with Crippen LogP contribution >= 0.6 is 0 Å². The van der Waals surface area contributed by atoms with Gasteiger partial charge >= 0.3 is 0 Å². The van der Waals surface area contributed by atoms with E-state index in [-0.39, 0.29) is 5.56 Å². The molecule has 2 unspecified atom stereocenters. The Morgan fingerprint density at radius 3 is 2.58 bits per heavy atom. The summed E-state index contributed by atoms with van der Waals surface area (Å²) in [5.74, 6) is 2.29. The van der Waals surface area contributed by atoms with Crippen molar-refractivity contribution in [3.63, 3.8) is 0 Å². The maximum atomic E-state index is 12.1. The monoisotopic (exact) mass is 326 g/mol. The molecule has 0 bridgehead atoms. The van der Waals surface area contributed by atoms with E-state index in [0.717, 1.165) is 37.7 Å². The summed E-state index contributed by atoms with van der Waals surface area (Å²) < 4.78 is 1.60. The van der Waals surface area contributed by atoms with Crippen LogP contribution in [0.4, 0.5) is 5.82 Å². The topological polar surface area (TPSA) is 67.2 Å². The molecule has 2 aliphatic rings. The number of aromatic nitrogens is 4. The first-order chi connectivity index (χ1) is 11.6. The zero-order valence-corrected chi connectivity index (χ0v) is 14.1. The van der Waals surface area contributed by atoms with E-state index in [4.69, 9.17) is 0 Å². The van der Waals surface area contributed by atoms with Gasteiger partial charge in [-0.2, -0.15) is 0 Å². The molecule has 2 fully saturated rings. The van der Waals surface area contributed by atoms with Crippen molar-refractivity contribution in [3.8, 4) is 0 Å². The smallest absolute Gasteiger partial charge is 0.273 e. The first-order valence-electron chi connectivity index (χ1n) is 8.36. The van der Waals surface area contributed by atoms with Gasteiger partial charge in [-0.05, 0) is 18.8 Å². The molecule has 0 amide bonds. The van der Waals surface area contributed by atoms with Gasteiger partial charge < -0.3 is 9.47 Å². The van der Waals surface area contributed by atoms with Gasteiger partial charge in [-0.3, -0.25) is 14.7 Å². The molecular weight excluding hydrogens is 304 g/mol. The minimum absolute atomic E-state index is 0.00708. The molecular formula is C17H22N6O. The number of nitrogens with zero attached hydrogens (tertiary/aromatic N) is 6. The van der Waals surface area contributed by atoms with E-state index in [0.29, 0.717) is 24.1 Å². The van der Waals surface area contributed by atoms with Gasteiger partial charge in [-0.1, -0.05) is 0 Å². The second-order valence-electron chi connectivity index (χ2n) is 6.93. The van der Waals surface area contributed by atoms with Crippen LogP contribution in [0.1, 0.15) is 11.4 Å². The molecule has 2 aliphatic heterocycles. The zero-order chi connectivity index (χ0) is 16.7. The number of anilines is 1. The van der Waals surface area contributed by atoms with Crippen LogP contribution in [0.15, 0.2) is 29.6 Å². The van der Waals surface area contributed by atoms with Crippen molar-refractivity contribution in [3.05, 3.63) is 46.5 Å². The van der Waals surface area contributed by atoms with Gasteiger partial charge in [0.25, 0.3) is 5.56 Å². The lowest BCUT2D eigenvalue weighted by atomic mass is 10.0. The van der Waals surface area contributed by atoms with Crippen LogP contribution in [-0.4, -0.2) is 50.6 Å². The Bertz CT molecular complexity index is 790. The molecule has 0 N–H and O–H groups in total. The van der Waals surface area contributed by atoms with Gasteiger partial charge in [0.15, 0.2) is 0 Å². The third-order valence-electron chi connectivity index (χ3n) is 5.14. The summed E-state index contributed by atoms with van der Waals surface area (Å²) in [7, 11) is 1.77. The van der Waals surface area contributed by atoms with Crippen LogP contribution < -0.4 is 10.5 Å². The Morgan fingerprint density at radius 2 is 1.88 bits per heavy atom. The number of rotatable bonds is 3. The van der Waals surface area contributed by atoms with Crippen molar-refractivity contribution in [2.75, 3.05) is 31.1 Å². The Kier molecular flexibility index (Phi) is 3.80. The van der Waals surface area contributed by atoms with Crippen molar-refractivity contribution in [2.24, 2.45) is 18.9 Å². The fourth-order valence-electron chi connectivity index (χ4n) is 3.89. The fourth-order valence-corrected chi connectivity index (χ4v) is 3.89. The number of fused-ring (bicyclic) bond motifs is 1. The van der Waals surface area contributed by atoms with Crippen LogP contribution in [0.5, 0.6) is 0 Å². The second kappa shape index (κ2) is 5.98. The standard InChI is InChI=1S/C17H22N6O/c1-12-5-16(20-11-19-12)23-8-13-6-22(7-14(13)9-23)10-15-17(24)21(2)4-3-18-15/h3-5,11,13-14H,6-10H2,1-2H3. The molecule has 126 valence electrons. The van der Waals surface area contributed by atoms with E-state index in [9.17, 15) is 4.79 Å². The van der Waals surface area contributed by atoms with E-state index in [1.807, 2.05) is 6.92 Å². The number of hydrogen-bond acceptors (Lipinski definition) is 6. The van der Waals surface area contributed by atoms with E-state index < -0.39 is 0 Å². The lowest BCUT2D eigenvalue weighted by Gasteiger charge is -2.22. The Hall–Kier alpha value is -2.28. The molecule has 2 aromatic rings. The van der Waals surface area contributed by atoms with Gasteiger partial charge in [0, 0.05) is 63.9 Å². The Morgan fingerprint density at radius 1 is 1.12 bits per heavy atom. The van der Waals surface area contributed by atoms with E-state index in [2.05, 4.69) is 30.8 Å². The van der Waals surface area contributed by atoms with Gasteiger partial charge in [0.05, 0.1) is 0 Å². The van der Waals surface area contributed by atoms with E-state index in [1.54, 1.807) is 30.3 Å². The second-order valence-corrected chi connectivity index (χ2v) is 6.93. The van der Waals surface area contributed by atoms with E-state index in [1.165, 1.54) is 0 Å². The molecule has 2 saturated heterocycles. The summed E-state index contributed by atoms with van der Waals surface area (Å²) >= 11 is 0. The molecule has 0 spiro atoms. The average Bonchev–Trinajstić information content (AvgIpc) is 3.10. The molecule has 4 heterocycles. The molecule has 7 heteroatoms. The summed E-state index contributed by atoms with van der Waals surface area (Å²) in [5, 5.41) is 0. The molecule has 0 aromatic carbocycles. The normalized spacial score (nSPS) is 23.7. The highest BCUT2D eigenvalue weighted by Crippen LogP contribution is 2.33. The van der Waals surface area contributed by atoms with Crippen LogP contribution in [0.25, 0.3) is 0 Å². The largest absolute Gasteiger partial charge is 0.356 e. The van der Waals surface area contributed by atoms with Crippen molar-refractivity contribution in [2.45, 2.75) is 13.5 Å². The Balaban J connectivity index is 1.41. The van der Waals surface area contributed by atoms with Crippen LogP contribution in [0.2, 0.25) is 0 Å². The maximum Gasteiger partial charge on any atom is 0.273 e. The lowest BCUT2D eigenvalue weighted by Crippen LogP contribution is -2.32. The molecule has 7 nitrogen and oxygen atoms in total. The van der Waals surface area contributed by atoms with Crippen molar-refractivity contribution >= 4 is 5.82 Å². The molecule has 24 heavy (non-hydrogen) atoms. The lowest BCUT2D eigenvalue weighted by molar-refractivity contribution is 0.303. The minimum atomic E-state index is 0.00708. The van der Waals surface area contributed by atoms with Crippen LogP contribution in [-0.2, 0) is 13.6 Å². The minimum Gasteiger partial charge on any atom is -0.356 e. The molecule has 4 rings (SSSR count). The number of hydrogen-bond donors (Lipinski definition) is 0. The Labute approximate surface area is 141 Å². The highest BCUT2D eigenvalue weighted by Gasteiger charge is 2.40. The molecule has 0 radical (unpaired) electrons. The molecule has 0 saturated carbocycles. The summed E-state index contributed by atoms with van der Waals surface area (Å²) in [5.41, 5.74) is 1.65. The summed E-state index contributed by atoms with van der Waals surface area (Å²) in [6.45, 7) is 6.73. The maximum absolute atomic E-state index is 12.1.